The summed E-state index contributed by atoms with van der Waals surface area (Å²) in [7, 11) is 0. The van der Waals surface area contributed by atoms with E-state index in [9.17, 15) is 10.2 Å². The lowest BCUT2D eigenvalue weighted by molar-refractivity contribution is -0.0432. The van der Waals surface area contributed by atoms with E-state index in [0.717, 1.165) is 5.56 Å². The second-order valence-corrected chi connectivity index (χ2v) is 7.39. The molecular formula is C17H18IN5O3. The Balaban J connectivity index is 1.57. The number of rotatable bonds is 5. The van der Waals surface area contributed by atoms with Gasteiger partial charge in [0.15, 0.2) is 17.0 Å². The van der Waals surface area contributed by atoms with Crippen LogP contribution in [0.15, 0.2) is 36.9 Å². The van der Waals surface area contributed by atoms with Gasteiger partial charge >= 0.3 is 0 Å². The first-order valence-electron chi connectivity index (χ1n) is 8.26. The molecular weight excluding hydrogens is 449 g/mol. The molecule has 1 unspecified atom stereocenters. The lowest BCUT2D eigenvalue weighted by Gasteiger charge is -2.13. The van der Waals surface area contributed by atoms with Crippen molar-refractivity contribution in [2.75, 3.05) is 11.9 Å². The van der Waals surface area contributed by atoms with Gasteiger partial charge in [-0.3, -0.25) is 4.57 Å². The fourth-order valence-corrected chi connectivity index (χ4v) is 3.68. The fourth-order valence-electron chi connectivity index (χ4n) is 3.07. The van der Waals surface area contributed by atoms with Gasteiger partial charge in [0.05, 0.1) is 19.0 Å². The van der Waals surface area contributed by atoms with Crippen LogP contribution in [0.25, 0.3) is 11.2 Å². The zero-order chi connectivity index (χ0) is 18.1. The molecule has 9 heteroatoms. The van der Waals surface area contributed by atoms with Crippen molar-refractivity contribution >= 4 is 39.6 Å². The zero-order valence-electron chi connectivity index (χ0n) is 13.8. The van der Waals surface area contributed by atoms with E-state index in [2.05, 4.69) is 55.0 Å². The highest BCUT2D eigenvalue weighted by atomic mass is 127. The number of nitrogens with zero attached hydrogens (tertiary/aromatic N) is 4. The Morgan fingerprint density at radius 3 is 2.96 bits per heavy atom. The Bertz CT molecular complexity index is 918. The first kappa shape index (κ1) is 17.6. The molecule has 2 aromatic heterocycles. The van der Waals surface area contributed by atoms with E-state index < -0.39 is 18.4 Å². The quantitative estimate of drug-likeness (QED) is 0.491. The van der Waals surface area contributed by atoms with Crippen molar-refractivity contribution in [2.24, 2.45) is 0 Å². The average molecular weight is 467 g/mol. The van der Waals surface area contributed by atoms with Crippen molar-refractivity contribution in [3.8, 4) is 0 Å². The number of imidazole rings is 1. The van der Waals surface area contributed by atoms with Crippen LogP contribution in [0.5, 0.6) is 0 Å². The first-order valence-corrected chi connectivity index (χ1v) is 9.34. The molecule has 0 aliphatic carbocycles. The number of hydrogen-bond donors (Lipinski definition) is 3. The number of halogens is 1. The van der Waals surface area contributed by atoms with Gasteiger partial charge < -0.3 is 20.3 Å². The van der Waals surface area contributed by atoms with Crippen molar-refractivity contribution in [1.82, 2.24) is 19.5 Å². The van der Waals surface area contributed by atoms with E-state index in [1.165, 1.54) is 9.90 Å². The molecule has 1 aliphatic heterocycles. The second kappa shape index (κ2) is 7.43. The summed E-state index contributed by atoms with van der Waals surface area (Å²) in [6, 6.07) is 8.22. The Morgan fingerprint density at radius 2 is 2.19 bits per heavy atom. The molecule has 3 aromatic rings. The minimum atomic E-state index is -0.706. The summed E-state index contributed by atoms with van der Waals surface area (Å²) in [6.45, 7) is 0.406. The molecule has 3 atom stereocenters. The van der Waals surface area contributed by atoms with Gasteiger partial charge in [0.2, 0.25) is 0 Å². The third kappa shape index (κ3) is 3.39. The van der Waals surface area contributed by atoms with Crippen molar-refractivity contribution in [3.63, 3.8) is 0 Å². The molecule has 0 saturated carbocycles. The van der Waals surface area contributed by atoms with Gasteiger partial charge in [-0.05, 0) is 40.3 Å². The normalized spacial score (nSPS) is 22.8. The van der Waals surface area contributed by atoms with Crippen LogP contribution in [0.1, 0.15) is 18.2 Å². The maximum Gasteiger partial charge on any atom is 0.167 e. The Labute approximate surface area is 163 Å². The van der Waals surface area contributed by atoms with E-state index in [1.807, 2.05) is 12.1 Å². The molecule has 0 amide bonds. The molecule has 0 radical (unpaired) electrons. The molecule has 0 bridgehead atoms. The lowest BCUT2D eigenvalue weighted by Crippen LogP contribution is -2.24. The monoisotopic (exact) mass is 467 g/mol. The largest absolute Gasteiger partial charge is 0.394 e. The molecule has 1 saturated heterocycles. The fraction of sp³-hybridized carbons (Fsp3) is 0.353. The predicted octanol–water partition coefficient (Wildman–Crippen LogP) is 1.68. The minimum Gasteiger partial charge on any atom is -0.394 e. The third-order valence-corrected chi connectivity index (χ3v) is 5.07. The second-order valence-electron chi connectivity index (χ2n) is 6.14. The smallest absolute Gasteiger partial charge is 0.167 e. The maximum absolute atomic E-state index is 9.95. The van der Waals surface area contributed by atoms with Crippen LogP contribution in [-0.4, -0.2) is 48.5 Å². The van der Waals surface area contributed by atoms with Crippen molar-refractivity contribution in [3.05, 3.63) is 46.1 Å². The number of anilines is 1. The summed E-state index contributed by atoms with van der Waals surface area (Å²) >= 11 is 2.28. The van der Waals surface area contributed by atoms with Gasteiger partial charge in [-0.25, -0.2) is 15.0 Å². The Morgan fingerprint density at radius 1 is 1.31 bits per heavy atom. The molecule has 3 heterocycles. The van der Waals surface area contributed by atoms with Gasteiger partial charge in [0, 0.05) is 16.5 Å². The molecule has 8 nitrogen and oxygen atoms in total. The summed E-state index contributed by atoms with van der Waals surface area (Å²) in [6.07, 6.45) is 1.79. The van der Waals surface area contributed by atoms with Crippen molar-refractivity contribution in [2.45, 2.75) is 31.4 Å². The topological polar surface area (TPSA) is 105 Å². The number of nitrogens with one attached hydrogen (secondary N) is 1. The van der Waals surface area contributed by atoms with Gasteiger partial charge in [-0.1, -0.05) is 12.1 Å². The molecule has 0 spiro atoms. The van der Waals surface area contributed by atoms with Crippen LogP contribution < -0.4 is 5.32 Å². The van der Waals surface area contributed by atoms with Crippen molar-refractivity contribution in [1.29, 1.82) is 0 Å². The van der Waals surface area contributed by atoms with Crippen LogP contribution in [0.3, 0.4) is 0 Å². The van der Waals surface area contributed by atoms with Crippen LogP contribution in [0.2, 0.25) is 0 Å². The Hall–Kier alpha value is -1.82. The number of ether oxygens (including phenoxy) is 1. The van der Waals surface area contributed by atoms with Gasteiger partial charge in [-0.15, -0.1) is 0 Å². The minimum absolute atomic E-state index is 0.220. The molecule has 3 N–H and O–H groups in total. The molecule has 1 fully saturated rings. The molecule has 1 aromatic carbocycles. The van der Waals surface area contributed by atoms with Gasteiger partial charge in [0.25, 0.3) is 0 Å². The summed E-state index contributed by atoms with van der Waals surface area (Å²) in [4.78, 5) is 13.0. The Kier molecular flexibility index (Phi) is 5.02. The zero-order valence-corrected chi connectivity index (χ0v) is 15.9. The molecule has 136 valence electrons. The third-order valence-electron chi connectivity index (χ3n) is 4.40. The maximum atomic E-state index is 9.95. The number of aliphatic hydroxyl groups is 2. The van der Waals surface area contributed by atoms with Crippen LogP contribution in [0, 0.1) is 3.57 Å². The number of fused-ring (bicyclic) bond motifs is 1. The van der Waals surface area contributed by atoms with E-state index in [0.29, 0.717) is 29.9 Å². The lowest BCUT2D eigenvalue weighted by atomic mass is 10.2. The summed E-state index contributed by atoms with van der Waals surface area (Å²) in [5.74, 6) is 0.643. The predicted molar refractivity (Wildman–Crippen MR) is 103 cm³/mol. The average Bonchev–Trinajstić information content (AvgIpc) is 3.23. The standard InChI is InChI=1S/C17H18IN5O3/c18-11-3-1-2-10(4-11)6-19-16-15-17(21-8-20-16)23(9-22-15)14-5-12(25)13(7-24)26-14/h1-4,8-9,12-14,24-25H,5-7H2,(H,19,20,21)/t12-,13+,14?/m0/s1. The SMILES string of the molecule is OC[C@H]1OC(n2cnc3c(NCc4cccc(I)c4)ncnc32)C[C@@H]1O. The number of aliphatic hydroxyl groups excluding tert-OH is 2. The highest BCUT2D eigenvalue weighted by Crippen LogP contribution is 2.31. The first-order chi connectivity index (χ1) is 12.7. The number of benzene rings is 1. The van der Waals surface area contributed by atoms with E-state index in [4.69, 9.17) is 4.74 Å². The summed E-state index contributed by atoms with van der Waals surface area (Å²) < 4.78 is 8.64. The van der Waals surface area contributed by atoms with Gasteiger partial charge in [-0.2, -0.15) is 0 Å². The van der Waals surface area contributed by atoms with Crippen molar-refractivity contribution < 1.29 is 14.9 Å². The van der Waals surface area contributed by atoms with Gasteiger partial charge in [0.1, 0.15) is 18.7 Å². The molecule has 1 aliphatic rings. The van der Waals surface area contributed by atoms with E-state index in [-0.39, 0.29) is 6.61 Å². The number of aromatic nitrogens is 4. The van der Waals surface area contributed by atoms with E-state index >= 15 is 0 Å². The van der Waals surface area contributed by atoms with Crippen LogP contribution in [-0.2, 0) is 11.3 Å². The highest BCUT2D eigenvalue weighted by molar-refractivity contribution is 14.1. The van der Waals surface area contributed by atoms with E-state index in [1.54, 1.807) is 10.9 Å². The molecule has 4 rings (SSSR count). The van der Waals surface area contributed by atoms with Crippen LogP contribution in [0.4, 0.5) is 5.82 Å². The molecule has 26 heavy (non-hydrogen) atoms. The summed E-state index contributed by atoms with van der Waals surface area (Å²) in [5.41, 5.74) is 2.42. The van der Waals surface area contributed by atoms with Crippen LogP contribution >= 0.6 is 22.6 Å². The highest BCUT2D eigenvalue weighted by Gasteiger charge is 2.35. The number of hydrogen-bond acceptors (Lipinski definition) is 7. The summed E-state index contributed by atoms with van der Waals surface area (Å²) in [5, 5.41) is 22.5.